The summed E-state index contributed by atoms with van der Waals surface area (Å²) in [6.07, 6.45) is 3.24. The summed E-state index contributed by atoms with van der Waals surface area (Å²) in [6, 6.07) is 11.0. The van der Waals surface area contributed by atoms with Gasteiger partial charge in [-0.15, -0.1) is 0 Å². The van der Waals surface area contributed by atoms with Crippen molar-refractivity contribution in [3.63, 3.8) is 0 Å². The van der Waals surface area contributed by atoms with Crippen molar-refractivity contribution in [1.82, 2.24) is 19.5 Å². The lowest BCUT2D eigenvalue weighted by Crippen LogP contribution is -2.34. The fraction of sp³-hybridized carbons (Fsp3) is 0.235. The first kappa shape index (κ1) is 15.8. The smallest absolute Gasteiger partial charge is 0.291 e. The van der Waals surface area contributed by atoms with E-state index in [0.29, 0.717) is 18.7 Å². The molecule has 124 valence electrons. The van der Waals surface area contributed by atoms with E-state index >= 15 is 0 Å². The van der Waals surface area contributed by atoms with E-state index in [-0.39, 0.29) is 18.0 Å². The van der Waals surface area contributed by atoms with E-state index in [1.165, 1.54) is 6.33 Å². The van der Waals surface area contributed by atoms with Crippen LogP contribution in [-0.2, 0) is 17.9 Å². The Kier molecular flexibility index (Phi) is 4.60. The molecule has 7 heteroatoms. The van der Waals surface area contributed by atoms with Gasteiger partial charge in [-0.3, -0.25) is 9.59 Å². The molecule has 0 fully saturated rings. The average Bonchev–Trinajstić information content (AvgIpc) is 3.06. The number of benzene rings is 1. The van der Waals surface area contributed by atoms with Gasteiger partial charge in [-0.2, -0.15) is 5.10 Å². The molecule has 0 radical (unpaired) electrons. The maximum absolute atomic E-state index is 12.2. The minimum Gasteiger partial charge on any atom is -0.494 e. The third-order valence-electron chi connectivity index (χ3n) is 3.59. The lowest BCUT2D eigenvalue weighted by molar-refractivity contribution is -0.122. The number of fused-ring (bicyclic) bond motifs is 1. The Hall–Kier alpha value is -3.09. The Bertz CT molecular complexity index is 913. The summed E-state index contributed by atoms with van der Waals surface area (Å²) in [6.45, 7) is 2.67. The Balaban J connectivity index is 1.67. The van der Waals surface area contributed by atoms with Crippen LogP contribution >= 0.6 is 0 Å². The second-order valence-corrected chi connectivity index (χ2v) is 5.21. The Labute approximate surface area is 138 Å². The number of para-hydroxylation sites is 1. The lowest BCUT2D eigenvalue weighted by Gasteiger charge is -2.11. The van der Waals surface area contributed by atoms with Crippen LogP contribution in [0.2, 0.25) is 0 Å². The summed E-state index contributed by atoms with van der Waals surface area (Å²) in [5.74, 6) is 0.456. The standard InChI is InChI=1S/C17H18N4O3/c1-2-24-15-8-4-3-6-13(15)10-18-16(22)11-21-17(23)14-7-5-9-20(14)12-19-21/h3-9,12H,2,10-11H2,1H3,(H,18,22). The lowest BCUT2D eigenvalue weighted by atomic mass is 10.2. The molecule has 3 rings (SSSR count). The summed E-state index contributed by atoms with van der Waals surface area (Å²) >= 11 is 0. The van der Waals surface area contributed by atoms with Crippen molar-refractivity contribution >= 4 is 11.4 Å². The van der Waals surface area contributed by atoms with Crippen molar-refractivity contribution in [1.29, 1.82) is 0 Å². The fourth-order valence-electron chi connectivity index (χ4n) is 2.42. The van der Waals surface area contributed by atoms with Crippen LogP contribution in [0.5, 0.6) is 5.75 Å². The Morgan fingerprint density at radius 3 is 2.92 bits per heavy atom. The highest BCUT2D eigenvalue weighted by atomic mass is 16.5. The molecule has 24 heavy (non-hydrogen) atoms. The predicted octanol–water partition coefficient (Wildman–Crippen LogP) is 1.21. The van der Waals surface area contributed by atoms with E-state index in [0.717, 1.165) is 16.0 Å². The summed E-state index contributed by atoms with van der Waals surface area (Å²) in [7, 11) is 0. The summed E-state index contributed by atoms with van der Waals surface area (Å²) < 4.78 is 8.30. The fourth-order valence-corrected chi connectivity index (χ4v) is 2.42. The number of ether oxygens (including phenoxy) is 1. The number of nitrogens with one attached hydrogen (secondary N) is 1. The van der Waals surface area contributed by atoms with E-state index in [1.54, 1.807) is 22.7 Å². The maximum atomic E-state index is 12.2. The Morgan fingerprint density at radius 2 is 2.08 bits per heavy atom. The second-order valence-electron chi connectivity index (χ2n) is 5.21. The van der Waals surface area contributed by atoms with Crippen LogP contribution in [0.25, 0.3) is 5.52 Å². The molecule has 1 amide bonds. The quantitative estimate of drug-likeness (QED) is 0.739. The van der Waals surface area contributed by atoms with Gasteiger partial charge in [0.25, 0.3) is 5.56 Å². The van der Waals surface area contributed by atoms with Gasteiger partial charge < -0.3 is 14.5 Å². The van der Waals surface area contributed by atoms with E-state index in [9.17, 15) is 9.59 Å². The van der Waals surface area contributed by atoms with E-state index < -0.39 is 0 Å². The van der Waals surface area contributed by atoms with Crippen molar-refractivity contribution in [2.45, 2.75) is 20.0 Å². The summed E-state index contributed by atoms with van der Waals surface area (Å²) in [4.78, 5) is 24.3. The molecule has 0 unspecified atom stereocenters. The third kappa shape index (κ3) is 3.29. The number of nitrogens with zero attached hydrogens (tertiary/aromatic N) is 3. The van der Waals surface area contributed by atoms with Crippen LogP contribution < -0.4 is 15.6 Å². The van der Waals surface area contributed by atoms with Gasteiger partial charge in [-0.05, 0) is 25.1 Å². The molecular weight excluding hydrogens is 308 g/mol. The van der Waals surface area contributed by atoms with Gasteiger partial charge in [-0.25, -0.2) is 4.68 Å². The van der Waals surface area contributed by atoms with Gasteiger partial charge in [0.05, 0.1) is 6.61 Å². The molecule has 0 atom stereocenters. The highest BCUT2D eigenvalue weighted by molar-refractivity contribution is 5.75. The zero-order chi connectivity index (χ0) is 16.9. The van der Waals surface area contributed by atoms with Crippen molar-refractivity contribution < 1.29 is 9.53 Å². The highest BCUT2D eigenvalue weighted by Gasteiger charge is 2.09. The van der Waals surface area contributed by atoms with Gasteiger partial charge >= 0.3 is 0 Å². The van der Waals surface area contributed by atoms with Crippen molar-refractivity contribution in [2.75, 3.05) is 6.61 Å². The van der Waals surface area contributed by atoms with Crippen molar-refractivity contribution in [3.05, 3.63) is 64.8 Å². The molecule has 0 aliphatic heterocycles. The Morgan fingerprint density at radius 1 is 1.25 bits per heavy atom. The van der Waals surface area contributed by atoms with E-state index in [2.05, 4.69) is 10.4 Å². The molecule has 2 aromatic heterocycles. The molecule has 0 aliphatic carbocycles. The summed E-state index contributed by atoms with van der Waals surface area (Å²) in [5.41, 5.74) is 1.07. The minimum absolute atomic E-state index is 0.128. The van der Waals surface area contributed by atoms with E-state index in [4.69, 9.17) is 4.74 Å². The molecule has 2 heterocycles. The van der Waals surface area contributed by atoms with Gasteiger partial charge in [0, 0.05) is 18.3 Å². The second kappa shape index (κ2) is 6.99. The van der Waals surface area contributed by atoms with Gasteiger partial charge in [0.2, 0.25) is 5.91 Å². The number of hydrogen-bond donors (Lipinski definition) is 1. The molecule has 0 bridgehead atoms. The van der Waals surface area contributed by atoms with Crippen LogP contribution in [0.3, 0.4) is 0 Å². The number of carbonyl (C=O) groups is 1. The molecule has 0 spiro atoms. The molecule has 7 nitrogen and oxygen atoms in total. The minimum atomic E-state index is -0.299. The largest absolute Gasteiger partial charge is 0.494 e. The molecule has 0 saturated carbocycles. The molecule has 1 aromatic carbocycles. The number of rotatable bonds is 6. The van der Waals surface area contributed by atoms with Crippen LogP contribution in [0.1, 0.15) is 12.5 Å². The molecule has 0 aliphatic rings. The van der Waals surface area contributed by atoms with E-state index in [1.807, 2.05) is 31.2 Å². The van der Waals surface area contributed by atoms with Crippen LogP contribution in [0, 0.1) is 0 Å². The molecule has 1 N–H and O–H groups in total. The zero-order valence-electron chi connectivity index (χ0n) is 13.3. The average molecular weight is 326 g/mol. The molecule has 0 saturated heterocycles. The monoisotopic (exact) mass is 326 g/mol. The number of amides is 1. The topological polar surface area (TPSA) is 77.6 Å². The zero-order valence-corrected chi connectivity index (χ0v) is 13.3. The van der Waals surface area contributed by atoms with Gasteiger partial charge in [-0.1, -0.05) is 18.2 Å². The maximum Gasteiger partial charge on any atom is 0.291 e. The van der Waals surface area contributed by atoms with Gasteiger partial charge in [0.15, 0.2) is 0 Å². The third-order valence-corrected chi connectivity index (χ3v) is 3.59. The number of aromatic nitrogens is 3. The first-order valence-electron chi connectivity index (χ1n) is 7.69. The van der Waals surface area contributed by atoms with Crippen LogP contribution in [0.4, 0.5) is 0 Å². The first-order valence-corrected chi connectivity index (χ1v) is 7.69. The number of hydrogen-bond acceptors (Lipinski definition) is 4. The summed E-state index contributed by atoms with van der Waals surface area (Å²) in [5, 5.41) is 6.79. The van der Waals surface area contributed by atoms with Gasteiger partial charge in [0.1, 0.15) is 24.1 Å². The molecular formula is C17H18N4O3. The first-order chi connectivity index (χ1) is 11.7. The predicted molar refractivity (Wildman–Crippen MR) is 88.9 cm³/mol. The normalized spacial score (nSPS) is 10.7. The van der Waals surface area contributed by atoms with Crippen LogP contribution in [0.15, 0.2) is 53.7 Å². The number of carbonyl (C=O) groups excluding carboxylic acids is 1. The molecule has 3 aromatic rings. The van der Waals surface area contributed by atoms with Crippen LogP contribution in [-0.4, -0.2) is 26.7 Å². The van der Waals surface area contributed by atoms with Crippen molar-refractivity contribution in [2.24, 2.45) is 0 Å². The SMILES string of the molecule is CCOc1ccccc1CNC(=O)Cn1ncn2cccc2c1=O. The highest BCUT2D eigenvalue weighted by Crippen LogP contribution is 2.17. The van der Waals surface area contributed by atoms with Crippen molar-refractivity contribution in [3.8, 4) is 5.75 Å².